The molecule has 41 heavy (non-hydrogen) atoms. The number of nitrogens with zero attached hydrogens (tertiary/aromatic N) is 4. The smallest absolute Gasteiger partial charge is 0.379 e. The van der Waals surface area contributed by atoms with Crippen molar-refractivity contribution in [1.82, 2.24) is 20.1 Å². The number of hydrogen-bond acceptors (Lipinski definition) is 7. The summed E-state index contributed by atoms with van der Waals surface area (Å²) in [5.74, 6) is -1.62. The summed E-state index contributed by atoms with van der Waals surface area (Å²) in [4.78, 5) is 23.7. The van der Waals surface area contributed by atoms with Crippen LogP contribution in [-0.4, -0.2) is 86.4 Å². The maximum Gasteiger partial charge on any atom is 0.417 e. The quantitative estimate of drug-likeness (QED) is 0.402. The van der Waals surface area contributed by atoms with Gasteiger partial charge in [-0.1, -0.05) is 12.6 Å². The maximum atomic E-state index is 15.0. The number of ether oxygens (including phenoxy) is 1. The van der Waals surface area contributed by atoms with Crippen molar-refractivity contribution in [2.24, 2.45) is 0 Å². The maximum absolute atomic E-state index is 15.0. The van der Waals surface area contributed by atoms with Crippen LogP contribution in [0, 0.1) is 5.95 Å². The number of alkyl halides is 3. The fraction of sp³-hybridized carbons (Fsp3) is 0.379. The number of amides is 1. The summed E-state index contributed by atoms with van der Waals surface area (Å²) in [5.41, 5.74) is 0.775. The number of allylic oxidation sites excluding steroid dienone is 1. The summed E-state index contributed by atoms with van der Waals surface area (Å²) in [7, 11) is 2.00. The Morgan fingerprint density at radius 1 is 1.12 bits per heavy atom. The van der Waals surface area contributed by atoms with E-state index in [1.807, 2.05) is 7.05 Å². The third-order valence-corrected chi connectivity index (χ3v) is 7.37. The number of halogens is 4. The third-order valence-electron chi connectivity index (χ3n) is 7.37. The Labute approximate surface area is 236 Å². The minimum absolute atomic E-state index is 0.0222. The van der Waals surface area contributed by atoms with Gasteiger partial charge in [0, 0.05) is 69.5 Å². The Bertz CT molecular complexity index is 1380. The lowest BCUT2D eigenvalue weighted by atomic mass is 10.0. The van der Waals surface area contributed by atoms with Crippen LogP contribution in [0.1, 0.15) is 5.56 Å². The van der Waals surface area contributed by atoms with Crippen molar-refractivity contribution >= 4 is 17.3 Å². The predicted molar refractivity (Wildman–Crippen MR) is 149 cm³/mol. The van der Waals surface area contributed by atoms with Gasteiger partial charge in [0.25, 0.3) is 5.91 Å². The van der Waals surface area contributed by atoms with Gasteiger partial charge in [-0.2, -0.15) is 17.6 Å². The van der Waals surface area contributed by atoms with Crippen LogP contribution in [0.5, 0.6) is 0 Å². The van der Waals surface area contributed by atoms with Crippen LogP contribution in [-0.2, 0) is 16.1 Å². The highest BCUT2D eigenvalue weighted by molar-refractivity contribution is 6.09. The van der Waals surface area contributed by atoms with Gasteiger partial charge in [-0.05, 0) is 42.4 Å². The summed E-state index contributed by atoms with van der Waals surface area (Å²) < 4.78 is 61.8. The molecule has 0 spiro atoms. The number of pyridine rings is 1. The first-order valence-electron chi connectivity index (χ1n) is 13.4. The van der Waals surface area contributed by atoms with Crippen molar-refractivity contribution in [3.63, 3.8) is 0 Å². The number of nitrogens with one attached hydrogen (secondary N) is 2. The van der Waals surface area contributed by atoms with E-state index in [0.29, 0.717) is 44.1 Å². The van der Waals surface area contributed by atoms with Crippen molar-refractivity contribution in [3.8, 4) is 11.1 Å². The normalized spacial score (nSPS) is 19.0. The number of morpholine rings is 1. The average molecular weight is 573 g/mol. The molecule has 1 aromatic heterocycles. The molecular weight excluding hydrogens is 540 g/mol. The molecule has 218 valence electrons. The Morgan fingerprint density at radius 2 is 1.85 bits per heavy atom. The van der Waals surface area contributed by atoms with Gasteiger partial charge in [-0.3, -0.25) is 9.69 Å². The Kier molecular flexibility index (Phi) is 8.43. The van der Waals surface area contributed by atoms with Gasteiger partial charge in [-0.15, -0.1) is 0 Å². The molecule has 0 bridgehead atoms. The molecule has 8 nitrogen and oxygen atoms in total. The molecule has 4 heterocycles. The first-order valence-corrected chi connectivity index (χ1v) is 13.4. The molecule has 3 aliphatic rings. The number of hydrogen-bond donors (Lipinski definition) is 2. The van der Waals surface area contributed by atoms with E-state index in [1.165, 1.54) is 6.20 Å². The molecule has 0 radical (unpaired) electrons. The number of aromatic nitrogens is 1. The van der Waals surface area contributed by atoms with Gasteiger partial charge < -0.3 is 25.2 Å². The molecule has 1 aromatic carbocycles. The minimum Gasteiger partial charge on any atom is -0.379 e. The minimum atomic E-state index is -4.76. The standard InChI is InChI=1S/C29H32F4N6O2/c1-19-13-24(29(31,32)33)23(17-34-19)28(40)36-25-15-21(3-4-26(25)39-7-5-37(2)6-8-39)22-14-20(16-35-27(22)30)18-38-9-11-41-12-10-38/h3-4,13-17,34H,1,5-12,18H2,2H3,(H,36,40). The summed E-state index contributed by atoms with van der Waals surface area (Å²) in [6, 6.07) is 6.82. The van der Waals surface area contributed by atoms with Crippen LogP contribution in [0.4, 0.5) is 28.9 Å². The monoisotopic (exact) mass is 572 g/mol. The first-order chi connectivity index (χ1) is 19.6. The second kappa shape index (κ2) is 12.0. The SMILES string of the molecule is C=C1C=C(C(F)(F)F)C(C(=O)Nc2cc(-c3cc(CN4CCOCC4)cnc3F)ccc2N2CCN(C)CC2)=CN1. The van der Waals surface area contributed by atoms with Crippen LogP contribution < -0.4 is 15.5 Å². The van der Waals surface area contributed by atoms with Gasteiger partial charge in [-0.25, -0.2) is 4.98 Å². The molecule has 0 atom stereocenters. The van der Waals surface area contributed by atoms with Gasteiger partial charge >= 0.3 is 6.18 Å². The highest BCUT2D eigenvalue weighted by atomic mass is 19.4. The van der Waals surface area contributed by atoms with E-state index in [0.717, 1.165) is 44.0 Å². The highest BCUT2D eigenvalue weighted by Crippen LogP contribution is 2.37. The first kappa shape index (κ1) is 28.8. The van der Waals surface area contributed by atoms with E-state index in [2.05, 4.69) is 36.9 Å². The fourth-order valence-electron chi connectivity index (χ4n) is 5.07. The highest BCUT2D eigenvalue weighted by Gasteiger charge is 2.40. The van der Waals surface area contributed by atoms with E-state index in [1.54, 1.807) is 24.3 Å². The lowest BCUT2D eigenvalue weighted by molar-refractivity contribution is -0.115. The Balaban J connectivity index is 1.48. The van der Waals surface area contributed by atoms with Gasteiger partial charge in [0.1, 0.15) is 0 Å². The molecule has 2 aromatic rings. The molecule has 0 aliphatic carbocycles. The van der Waals surface area contributed by atoms with E-state index in [4.69, 9.17) is 4.74 Å². The van der Waals surface area contributed by atoms with E-state index in [-0.39, 0.29) is 16.9 Å². The van der Waals surface area contributed by atoms with E-state index < -0.39 is 29.2 Å². The van der Waals surface area contributed by atoms with Crippen LogP contribution in [0.3, 0.4) is 0 Å². The molecule has 2 saturated heterocycles. The Morgan fingerprint density at radius 3 is 2.56 bits per heavy atom. The summed E-state index contributed by atoms with van der Waals surface area (Å²) in [6.45, 7) is 9.71. The number of dihydropyridines is 1. The number of carbonyl (C=O) groups is 1. The molecular formula is C29H32F4N6O2. The molecule has 3 aliphatic heterocycles. The van der Waals surface area contributed by atoms with Crippen molar-refractivity contribution in [2.45, 2.75) is 12.7 Å². The second-order valence-electron chi connectivity index (χ2n) is 10.3. The second-order valence-corrected chi connectivity index (χ2v) is 10.3. The van der Waals surface area contributed by atoms with Gasteiger partial charge in [0.2, 0.25) is 5.95 Å². The van der Waals surface area contributed by atoms with Crippen LogP contribution >= 0.6 is 0 Å². The molecule has 1 amide bonds. The van der Waals surface area contributed by atoms with Crippen molar-refractivity contribution in [1.29, 1.82) is 0 Å². The third kappa shape index (κ3) is 6.77. The predicted octanol–water partition coefficient (Wildman–Crippen LogP) is 3.90. The fourth-order valence-corrected chi connectivity index (χ4v) is 5.07. The number of benzene rings is 1. The molecule has 2 N–H and O–H groups in total. The molecule has 12 heteroatoms. The lowest BCUT2D eigenvalue weighted by Crippen LogP contribution is -2.44. The lowest BCUT2D eigenvalue weighted by Gasteiger charge is -2.35. The van der Waals surface area contributed by atoms with Gasteiger partial charge in [0.15, 0.2) is 0 Å². The van der Waals surface area contributed by atoms with Crippen molar-refractivity contribution < 1.29 is 27.1 Å². The van der Waals surface area contributed by atoms with Crippen molar-refractivity contribution in [3.05, 3.63) is 77.7 Å². The average Bonchev–Trinajstić information content (AvgIpc) is 2.94. The topological polar surface area (TPSA) is 73.0 Å². The number of carbonyl (C=O) groups excluding carboxylic acids is 1. The van der Waals surface area contributed by atoms with Crippen molar-refractivity contribution in [2.75, 3.05) is 69.7 Å². The van der Waals surface area contributed by atoms with Crippen LogP contribution in [0.15, 0.2) is 66.2 Å². The molecule has 0 unspecified atom stereocenters. The Hall–Kier alpha value is -3.74. The molecule has 5 rings (SSSR count). The summed E-state index contributed by atoms with van der Waals surface area (Å²) in [6.07, 6.45) is -1.46. The zero-order valence-corrected chi connectivity index (χ0v) is 22.7. The van der Waals surface area contributed by atoms with Gasteiger partial charge in [0.05, 0.1) is 35.7 Å². The summed E-state index contributed by atoms with van der Waals surface area (Å²) >= 11 is 0. The number of anilines is 2. The van der Waals surface area contributed by atoms with E-state index in [9.17, 15) is 18.0 Å². The number of rotatable bonds is 6. The number of piperazine rings is 1. The summed E-state index contributed by atoms with van der Waals surface area (Å²) in [5, 5.41) is 5.27. The largest absolute Gasteiger partial charge is 0.417 e. The molecule has 2 fully saturated rings. The number of likely N-dealkylation sites (N-methyl/N-ethyl adjacent to an activating group) is 1. The zero-order valence-electron chi connectivity index (χ0n) is 22.7. The molecule has 0 saturated carbocycles. The van der Waals surface area contributed by atoms with E-state index >= 15 is 4.39 Å². The van der Waals surface area contributed by atoms with Crippen LogP contribution in [0.2, 0.25) is 0 Å². The van der Waals surface area contributed by atoms with Crippen LogP contribution in [0.25, 0.3) is 11.1 Å². The zero-order chi connectivity index (χ0) is 29.1.